The second kappa shape index (κ2) is 6.56. The molecule has 1 aliphatic carbocycles. The van der Waals surface area contributed by atoms with E-state index in [1.165, 1.54) is 0 Å². The van der Waals surface area contributed by atoms with Crippen molar-refractivity contribution in [2.75, 3.05) is 33.4 Å². The minimum absolute atomic E-state index is 0.161. The molecule has 1 aliphatic rings. The first-order chi connectivity index (χ1) is 7.87. The van der Waals surface area contributed by atoms with Crippen LogP contribution in [0.15, 0.2) is 0 Å². The van der Waals surface area contributed by atoms with Crippen molar-refractivity contribution < 1.29 is 17.9 Å². The number of ether oxygens (including phenoxy) is 1. The second-order valence-electron chi connectivity index (χ2n) is 4.88. The zero-order valence-corrected chi connectivity index (χ0v) is 10.2. The van der Waals surface area contributed by atoms with E-state index in [0.29, 0.717) is 18.4 Å². The smallest absolute Gasteiger partial charge is 0.372 e. The summed E-state index contributed by atoms with van der Waals surface area (Å²) in [6, 6.07) is 0.350. The van der Waals surface area contributed by atoms with Crippen LogP contribution in [0.25, 0.3) is 0 Å². The van der Waals surface area contributed by atoms with Gasteiger partial charge >= 0.3 is 6.18 Å². The average molecular weight is 254 g/mol. The fraction of sp³-hybridized carbons (Fsp3) is 1.00. The fourth-order valence-electron chi connectivity index (χ4n) is 2.09. The van der Waals surface area contributed by atoms with E-state index in [1.807, 2.05) is 7.05 Å². The molecule has 0 heterocycles. The van der Waals surface area contributed by atoms with Crippen molar-refractivity contribution in [2.24, 2.45) is 11.7 Å². The van der Waals surface area contributed by atoms with E-state index >= 15 is 0 Å². The molecule has 0 aromatic carbocycles. The minimum Gasteiger partial charge on any atom is -0.372 e. The summed E-state index contributed by atoms with van der Waals surface area (Å²) in [5, 5.41) is 0. The van der Waals surface area contributed by atoms with Gasteiger partial charge in [-0.1, -0.05) is 0 Å². The molecule has 1 rings (SSSR count). The van der Waals surface area contributed by atoms with Crippen LogP contribution in [-0.2, 0) is 4.74 Å². The third-order valence-corrected chi connectivity index (χ3v) is 2.94. The standard InChI is InChI=1S/C11H21F3N2O/c1-16(7-9-5-10(15)6-9)3-2-4-17-8-11(12,13)14/h9-10H,2-8,15H2,1H3. The zero-order valence-electron chi connectivity index (χ0n) is 10.2. The van der Waals surface area contributed by atoms with E-state index in [0.717, 1.165) is 25.9 Å². The normalized spacial score (nSPS) is 25.1. The Morgan fingerprint density at radius 2 is 2.00 bits per heavy atom. The molecule has 0 saturated heterocycles. The first kappa shape index (κ1) is 14.7. The molecule has 0 spiro atoms. The summed E-state index contributed by atoms with van der Waals surface area (Å²) in [5.41, 5.74) is 5.68. The Balaban J connectivity index is 1.92. The van der Waals surface area contributed by atoms with Gasteiger partial charge in [0.2, 0.25) is 0 Å². The topological polar surface area (TPSA) is 38.5 Å². The van der Waals surface area contributed by atoms with Gasteiger partial charge in [-0.15, -0.1) is 0 Å². The zero-order chi connectivity index (χ0) is 12.9. The summed E-state index contributed by atoms with van der Waals surface area (Å²) in [5.74, 6) is 0.658. The minimum atomic E-state index is -4.21. The Labute approximate surface area is 100 Å². The molecule has 0 aromatic rings. The van der Waals surface area contributed by atoms with Crippen molar-refractivity contribution in [3.63, 3.8) is 0 Å². The average Bonchev–Trinajstić information content (AvgIpc) is 2.13. The van der Waals surface area contributed by atoms with Crippen LogP contribution in [0.2, 0.25) is 0 Å². The third kappa shape index (κ3) is 6.85. The summed E-state index contributed by atoms with van der Waals surface area (Å²) in [6.07, 6.45) is -1.46. The summed E-state index contributed by atoms with van der Waals surface area (Å²) in [7, 11) is 1.98. The molecular formula is C11H21F3N2O. The van der Waals surface area contributed by atoms with Crippen molar-refractivity contribution in [1.82, 2.24) is 4.90 Å². The van der Waals surface area contributed by atoms with Gasteiger partial charge in [0.15, 0.2) is 0 Å². The molecule has 0 unspecified atom stereocenters. The molecule has 1 saturated carbocycles. The molecule has 0 bridgehead atoms. The van der Waals surface area contributed by atoms with Crippen molar-refractivity contribution >= 4 is 0 Å². The van der Waals surface area contributed by atoms with Crippen LogP contribution in [0.3, 0.4) is 0 Å². The van der Waals surface area contributed by atoms with Crippen LogP contribution in [0.4, 0.5) is 13.2 Å². The van der Waals surface area contributed by atoms with Crippen molar-refractivity contribution in [2.45, 2.75) is 31.5 Å². The van der Waals surface area contributed by atoms with Gasteiger partial charge in [-0.2, -0.15) is 13.2 Å². The van der Waals surface area contributed by atoms with Gasteiger partial charge in [0.05, 0.1) is 0 Å². The molecule has 17 heavy (non-hydrogen) atoms. The number of hydrogen-bond acceptors (Lipinski definition) is 3. The number of rotatable bonds is 7. The van der Waals surface area contributed by atoms with Crippen molar-refractivity contribution in [3.05, 3.63) is 0 Å². The van der Waals surface area contributed by atoms with Crippen LogP contribution >= 0.6 is 0 Å². The van der Waals surface area contributed by atoms with E-state index in [2.05, 4.69) is 9.64 Å². The van der Waals surface area contributed by atoms with Gasteiger partial charge in [-0.3, -0.25) is 0 Å². The maximum atomic E-state index is 11.8. The predicted octanol–water partition coefficient (Wildman–Crippen LogP) is 1.62. The largest absolute Gasteiger partial charge is 0.411 e. The molecule has 0 aliphatic heterocycles. The lowest BCUT2D eigenvalue weighted by molar-refractivity contribution is -0.174. The van der Waals surface area contributed by atoms with E-state index in [4.69, 9.17) is 5.73 Å². The van der Waals surface area contributed by atoms with Gasteiger partial charge < -0.3 is 15.4 Å². The highest BCUT2D eigenvalue weighted by atomic mass is 19.4. The quantitative estimate of drug-likeness (QED) is 0.702. The Morgan fingerprint density at radius 3 is 2.53 bits per heavy atom. The Kier molecular flexibility index (Phi) is 5.69. The molecule has 0 amide bonds. The van der Waals surface area contributed by atoms with Crippen molar-refractivity contribution in [3.8, 4) is 0 Å². The van der Waals surface area contributed by atoms with Gasteiger partial charge in [-0.25, -0.2) is 0 Å². The maximum Gasteiger partial charge on any atom is 0.411 e. The predicted molar refractivity (Wildman–Crippen MR) is 59.7 cm³/mol. The highest BCUT2D eigenvalue weighted by Crippen LogP contribution is 2.25. The van der Waals surface area contributed by atoms with Crippen LogP contribution in [-0.4, -0.2) is 50.5 Å². The van der Waals surface area contributed by atoms with Gasteiger partial charge in [0, 0.05) is 25.7 Å². The van der Waals surface area contributed by atoms with E-state index < -0.39 is 12.8 Å². The van der Waals surface area contributed by atoms with Crippen LogP contribution in [0.5, 0.6) is 0 Å². The lowest BCUT2D eigenvalue weighted by atomic mass is 9.80. The van der Waals surface area contributed by atoms with E-state index in [-0.39, 0.29) is 6.61 Å². The van der Waals surface area contributed by atoms with Crippen molar-refractivity contribution in [1.29, 1.82) is 0 Å². The number of nitrogens with two attached hydrogens (primary N) is 1. The number of hydrogen-bond donors (Lipinski definition) is 1. The molecule has 6 heteroatoms. The molecule has 2 N–H and O–H groups in total. The summed E-state index contributed by atoms with van der Waals surface area (Å²) >= 11 is 0. The third-order valence-electron chi connectivity index (χ3n) is 2.94. The summed E-state index contributed by atoms with van der Waals surface area (Å²) in [4.78, 5) is 2.13. The second-order valence-corrected chi connectivity index (χ2v) is 4.88. The SMILES string of the molecule is CN(CCCOCC(F)(F)F)CC1CC(N)C1. The number of alkyl halides is 3. The van der Waals surface area contributed by atoms with Gasteiger partial charge in [0.1, 0.15) is 6.61 Å². The first-order valence-electron chi connectivity index (χ1n) is 5.95. The van der Waals surface area contributed by atoms with Gasteiger partial charge in [-0.05, 0) is 32.2 Å². The molecular weight excluding hydrogens is 233 g/mol. The van der Waals surface area contributed by atoms with Gasteiger partial charge in [0.25, 0.3) is 0 Å². The number of nitrogens with zero attached hydrogens (tertiary/aromatic N) is 1. The van der Waals surface area contributed by atoms with Crippen LogP contribution in [0, 0.1) is 5.92 Å². The Bertz CT molecular complexity index is 217. The van der Waals surface area contributed by atoms with E-state index in [1.54, 1.807) is 0 Å². The molecule has 1 fully saturated rings. The molecule has 0 radical (unpaired) electrons. The lowest BCUT2D eigenvalue weighted by Crippen LogP contribution is -2.42. The molecule has 0 aromatic heterocycles. The highest BCUT2D eigenvalue weighted by Gasteiger charge is 2.27. The Morgan fingerprint density at radius 1 is 1.35 bits per heavy atom. The number of halogens is 3. The Hall–Kier alpha value is -0.330. The first-order valence-corrected chi connectivity index (χ1v) is 5.95. The monoisotopic (exact) mass is 254 g/mol. The lowest BCUT2D eigenvalue weighted by Gasteiger charge is -2.35. The van der Waals surface area contributed by atoms with E-state index in [9.17, 15) is 13.2 Å². The van der Waals surface area contributed by atoms with Crippen LogP contribution < -0.4 is 5.73 Å². The molecule has 102 valence electrons. The maximum absolute atomic E-state index is 11.8. The summed E-state index contributed by atoms with van der Waals surface area (Å²) < 4.78 is 39.8. The highest BCUT2D eigenvalue weighted by molar-refractivity contribution is 4.83. The molecule has 0 atom stereocenters. The fourth-order valence-corrected chi connectivity index (χ4v) is 2.09. The summed E-state index contributed by atoms with van der Waals surface area (Å²) in [6.45, 7) is 0.763. The molecule has 3 nitrogen and oxygen atoms in total. The van der Waals surface area contributed by atoms with Crippen LogP contribution in [0.1, 0.15) is 19.3 Å².